The van der Waals surface area contributed by atoms with E-state index in [4.69, 9.17) is 0 Å². The number of hydrogen-bond acceptors (Lipinski definition) is 4. The van der Waals surface area contributed by atoms with Crippen molar-refractivity contribution < 1.29 is 4.79 Å². The summed E-state index contributed by atoms with van der Waals surface area (Å²) in [6, 6.07) is 19.6. The lowest BCUT2D eigenvalue weighted by Crippen LogP contribution is -2.22. The van der Waals surface area contributed by atoms with Gasteiger partial charge in [0.25, 0.3) is 5.91 Å². The normalized spacial score (nSPS) is 10.8. The Labute approximate surface area is 163 Å². The van der Waals surface area contributed by atoms with Crippen LogP contribution in [-0.4, -0.2) is 27.0 Å². The van der Waals surface area contributed by atoms with Crippen molar-refractivity contribution in [1.82, 2.24) is 19.9 Å². The molecule has 0 unspecified atom stereocenters. The van der Waals surface area contributed by atoms with Gasteiger partial charge in [-0.3, -0.25) is 4.79 Å². The molecule has 4 rings (SSSR count). The van der Waals surface area contributed by atoms with Gasteiger partial charge in [-0.05, 0) is 55.8 Å². The fourth-order valence-corrected chi connectivity index (χ4v) is 3.01. The van der Waals surface area contributed by atoms with Gasteiger partial charge in [-0.15, -0.1) is 5.10 Å². The average Bonchev–Trinajstić information content (AvgIpc) is 3.12. The molecule has 0 atom stereocenters. The molecule has 6 heteroatoms. The first-order valence-corrected chi connectivity index (χ1v) is 9.22. The predicted octanol–water partition coefficient (Wildman–Crippen LogP) is 4.20. The van der Waals surface area contributed by atoms with Crippen LogP contribution in [0.15, 0.2) is 66.9 Å². The third-order valence-corrected chi connectivity index (χ3v) is 4.47. The number of benzene rings is 2. The Morgan fingerprint density at radius 2 is 1.79 bits per heavy atom. The Hall–Kier alpha value is -3.67. The number of anilines is 2. The molecule has 0 saturated carbocycles. The molecular weight excluding hydrogens is 350 g/mol. The number of aryl methyl sites for hydroxylation is 1. The number of nitrogens with one attached hydrogen (secondary N) is 2. The molecule has 6 nitrogen and oxygen atoms in total. The number of rotatable bonds is 5. The second-order valence-electron chi connectivity index (χ2n) is 6.55. The van der Waals surface area contributed by atoms with Crippen molar-refractivity contribution in [3.63, 3.8) is 0 Å². The van der Waals surface area contributed by atoms with E-state index in [-0.39, 0.29) is 5.91 Å². The summed E-state index contributed by atoms with van der Waals surface area (Å²) < 4.78 is 1.76. The summed E-state index contributed by atoms with van der Waals surface area (Å²) in [6.07, 6.45) is 1.88. The molecule has 0 bridgehead atoms. The number of carbonyl (C=O) groups excluding carboxylic acids is 1. The van der Waals surface area contributed by atoms with Crippen LogP contribution in [-0.2, 0) is 0 Å². The number of aromatic nitrogens is 3. The second-order valence-corrected chi connectivity index (χ2v) is 6.55. The first-order valence-electron chi connectivity index (χ1n) is 9.22. The summed E-state index contributed by atoms with van der Waals surface area (Å²) in [5.41, 5.74) is 5.57. The molecule has 0 radical (unpaired) electrons. The zero-order valence-corrected chi connectivity index (χ0v) is 15.8. The Bertz CT molecular complexity index is 1110. The van der Waals surface area contributed by atoms with Crippen LogP contribution in [0, 0.1) is 6.92 Å². The molecular formula is C22H21N5O. The van der Waals surface area contributed by atoms with Crippen molar-refractivity contribution in [2.45, 2.75) is 13.8 Å². The zero-order chi connectivity index (χ0) is 19.5. The molecule has 2 heterocycles. The van der Waals surface area contributed by atoms with Crippen molar-refractivity contribution in [2.75, 3.05) is 11.9 Å². The lowest BCUT2D eigenvalue weighted by Gasteiger charge is -2.04. The molecule has 0 aliphatic carbocycles. The number of fused-ring (bicyclic) bond motifs is 1. The molecule has 0 aliphatic rings. The molecule has 2 N–H and O–H groups in total. The van der Waals surface area contributed by atoms with Crippen molar-refractivity contribution in [1.29, 1.82) is 0 Å². The second kappa shape index (κ2) is 7.52. The van der Waals surface area contributed by atoms with Crippen LogP contribution < -0.4 is 10.6 Å². The highest BCUT2D eigenvalue weighted by Crippen LogP contribution is 2.25. The van der Waals surface area contributed by atoms with Crippen molar-refractivity contribution >= 4 is 23.2 Å². The van der Waals surface area contributed by atoms with Crippen LogP contribution in [0.3, 0.4) is 0 Å². The zero-order valence-electron chi connectivity index (χ0n) is 15.8. The molecule has 140 valence electrons. The molecule has 1 amide bonds. The van der Waals surface area contributed by atoms with Crippen LogP contribution in [0.2, 0.25) is 0 Å². The van der Waals surface area contributed by atoms with Gasteiger partial charge in [0.15, 0.2) is 5.65 Å². The van der Waals surface area contributed by atoms with Gasteiger partial charge in [0.05, 0.1) is 0 Å². The third-order valence-electron chi connectivity index (χ3n) is 4.47. The van der Waals surface area contributed by atoms with Gasteiger partial charge < -0.3 is 10.6 Å². The van der Waals surface area contributed by atoms with E-state index in [9.17, 15) is 4.79 Å². The summed E-state index contributed by atoms with van der Waals surface area (Å²) in [6.45, 7) is 4.57. The summed E-state index contributed by atoms with van der Waals surface area (Å²) >= 11 is 0. The smallest absolute Gasteiger partial charge is 0.251 e. The minimum absolute atomic E-state index is 0.0809. The quantitative estimate of drug-likeness (QED) is 0.552. The minimum Gasteiger partial charge on any atom is -0.352 e. The number of hydrogen-bond donors (Lipinski definition) is 2. The maximum atomic E-state index is 11.9. The van der Waals surface area contributed by atoms with Crippen LogP contribution in [0.1, 0.15) is 22.8 Å². The summed E-state index contributed by atoms with van der Waals surface area (Å²) in [7, 11) is 0. The number of carbonyl (C=O) groups is 1. The summed E-state index contributed by atoms with van der Waals surface area (Å²) in [4.78, 5) is 16.5. The van der Waals surface area contributed by atoms with E-state index < -0.39 is 0 Å². The Balaban J connectivity index is 1.61. The standard InChI is InChI=1S/C22H21N5O/c1-3-23-21(28)17-10-12-18(13-11-17)24-22-25-20-19(5-4-14-27(20)26-22)16-8-6-15(2)7-9-16/h4-14H,3H2,1-2H3,(H,23,28)(H,24,26). The topological polar surface area (TPSA) is 71.3 Å². The van der Waals surface area contributed by atoms with E-state index in [0.717, 1.165) is 22.5 Å². The van der Waals surface area contributed by atoms with E-state index >= 15 is 0 Å². The fraction of sp³-hybridized carbons (Fsp3) is 0.136. The lowest BCUT2D eigenvalue weighted by atomic mass is 10.1. The Morgan fingerprint density at radius 3 is 2.50 bits per heavy atom. The molecule has 0 spiro atoms. The lowest BCUT2D eigenvalue weighted by molar-refractivity contribution is 0.0956. The number of nitrogens with zero attached hydrogens (tertiary/aromatic N) is 3. The highest BCUT2D eigenvalue weighted by molar-refractivity contribution is 5.94. The minimum atomic E-state index is -0.0809. The van der Waals surface area contributed by atoms with Crippen LogP contribution in [0.5, 0.6) is 0 Å². The third kappa shape index (κ3) is 3.57. The van der Waals surface area contributed by atoms with Gasteiger partial charge in [-0.1, -0.05) is 29.8 Å². The van der Waals surface area contributed by atoms with E-state index in [2.05, 4.69) is 51.9 Å². The molecule has 4 aromatic rings. The van der Waals surface area contributed by atoms with Gasteiger partial charge in [-0.25, -0.2) is 4.52 Å². The summed E-state index contributed by atoms with van der Waals surface area (Å²) in [5, 5.41) is 10.5. The average molecular weight is 371 g/mol. The van der Waals surface area contributed by atoms with Crippen LogP contribution in [0.25, 0.3) is 16.8 Å². The highest BCUT2D eigenvalue weighted by Gasteiger charge is 2.10. The molecule has 0 fully saturated rings. The Kier molecular flexibility index (Phi) is 4.76. The monoisotopic (exact) mass is 371 g/mol. The van der Waals surface area contributed by atoms with Gasteiger partial charge in [0.1, 0.15) is 0 Å². The SMILES string of the molecule is CCNC(=O)c1ccc(Nc2nc3c(-c4ccc(C)cc4)cccn3n2)cc1. The largest absolute Gasteiger partial charge is 0.352 e. The van der Waals surface area contributed by atoms with Crippen LogP contribution in [0.4, 0.5) is 11.6 Å². The van der Waals surface area contributed by atoms with E-state index in [0.29, 0.717) is 18.1 Å². The van der Waals surface area contributed by atoms with Crippen molar-refractivity contribution in [2.24, 2.45) is 0 Å². The van der Waals surface area contributed by atoms with Crippen molar-refractivity contribution in [3.05, 3.63) is 78.0 Å². The fourth-order valence-electron chi connectivity index (χ4n) is 3.01. The molecule has 2 aromatic heterocycles. The van der Waals surface area contributed by atoms with Crippen LogP contribution >= 0.6 is 0 Å². The first-order chi connectivity index (χ1) is 13.6. The van der Waals surface area contributed by atoms with Gasteiger partial charge in [0.2, 0.25) is 5.95 Å². The Morgan fingerprint density at radius 1 is 1.04 bits per heavy atom. The predicted molar refractivity (Wildman–Crippen MR) is 111 cm³/mol. The summed E-state index contributed by atoms with van der Waals surface area (Å²) in [5.74, 6) is 0.424. The van der Waals surface area contributed by atoms with Gasteiger partial charge in [-0.2, -0.15) is 4.98 Å². The van der Waals surface area contributed by atoms with E-state index in [1.54, 1.807) is 16.6 Å². The maximum Gasteiger partial charge on any atom is 0.251 e. The van der Waals surface area contributed by atoms with Crippen molar-refractivity contribution in [3.8, 4) is 11.1 Å². The highest BCUT2D eigenvalue weighted by atomic mass is 16.1. The van der Waals surface area contributed by atoms with E-state index in [1.165, 1.54) is 5.56 Å². The van der Waals surface area contributed by atoms with Gasteiger partial charge in [0, 0.05) is 29.6 Å². The molecule has 28 heavy (non-hydrogen) atoms. The maximum absolute atomic E-state index is 11.9. The molecule has 0 saturated heterocycles. The number of pyridine rings is 1. The van der Waals surface area contributed by atoms with E-state index in [1.807, 2.05) is 37.4 Å². The first kappa shape index (κ1) is 17.7. The molecule has 2 aromatic carbocycles. The van der Waals surface area contributed by atoms with Gasteiger partial charge >= 0.3 is 0 Å². The number of amides is 1. The molecule has 0 aliphatic heterocycles.